The van der Waals surface area contributed by atoms with Crippen molar-refractivity contribution < 1.29 is 9.53 Å². The Balaban J connectivity index is 2.81. The molecule has 1 heterocycles. The number of ether oxygens (including phenoxy) is 1. The first kappa shape index (κ1) is 10.2. The summed E-state index contributed by atoms with van der Waals surface area (Å²) in [5.41, 5.74) is 1.30. The molecule has 0 radical (unpaired) electrons. The molecule has 0 saturated carbocycles. The molecule has 1 aromatic heterocycles. The van der Waals surface area contributed by atoms with Crippen LogP contribution in [-0.2, 0) is 11.8 Å². The molecule has 0 aliphatic heterocycles. The van der Waals surface area contributed by atoms with Gasteiger partial charge in [-0.2, -0.15) is 5.10 Å². The van der Waals surface area contributed by atoms with E-state index in [-0.39, 0.29) is 5.97 Å². The molecule has 0 N–H and O–H groups in total. The Hall–Kier alpha value is -1.36. The number of halogens is 1. The Bertz CT molecular complexity index is 533. The zero-order valence-corrected chi connectivity index (χ0v) is 9.91. The van der Waals surface area contributed by atoms with Crippen LogP contribution in [0.5, 0.6) is 0 Å². The zero-order valence-electron chi connectivity index (χ0n) is 8.32. The maximum absolute atomic E-state index is 11.5. The van der Waals surface area contributed by atoms with Gasteiger partial charge < -0.3 is 4.74 Å². The van der Waals surface area contributed by atoms with Crippen molar-refractivity contribution in [3.63, 3.8) is 0 Å². The van der Waals surface area contributed by atoms with Crippen LogP contribution in [0.2, 0.25) is 0 Å². The fourth-order valence-corrected chi connectivity index (χ4v) is 1.95. The monoisotopic (exact) mass is 268 g/mol. The summed E-state index contributed by atoms with van der Waals surface area (Å²) >= 11 is 3.41. The third-order valence-electron chi connectivity index (χ3n) is 2.25. The second kappa shape index (κ2) is 3.66. The molecule has 0 bridgehead atoms. The van der Waals surface area contributed by atoms with E-state index in [4.69, 9.17) is 4.74 Å². The number of carbonyl (C=O) groups excluding carboxylic acids is 1. The molecular weight excluding hydrogens is 260 g/mol. The topological polar surface area (TPSA) is 44.1 Å². The number of fused-ring (bicyclic) bond motifs is 1. The molecule has 0 aliphatic rings. The van der Waals surface area contributed by atoms with Gasteiger partial charge in [0.1, 0.15) is 0 Å². The molecule has 0 saturated heterocycles. The van der Waals surface area contributed by atoms with Crippen LogP contribution >= 0.6 is 15.9 Å². The van der Waals surface area contributed by atoms with Gasteiger partial charge in [0.15, 0.2) is 0 Å². The Morgan fingerprint density at radius 3 is 2.93 bits per heavy atom. The van der Waals surface area contributed by atoms with E-state index in [0.717, 1.165) is 15.4 Å². The highest BCUT2D eigenvalue weighted by Gasteiger charge is 2.15. The molecule has 15 heavy (non-hydrogen) atoms. The van der Waals surface area contributed by atoms with Crippen LogP contribution in [0.3, 0.4) is 0 Å². The number of aromatic nitrogens is 2. The summed E-state index contributed by atoms with van der Waals surface area (Å²) in [4.78, 5) is 11.5. The van der Waals surface area contributed by atoms with Crippen molar-refractivity contribution in [3.8, 4) is 0 Å². The molecule has 2 aromatic rings. The lowest BCUT2D eigenvalue weighted by molar-refractivity contribution is 0.0602. The van der Waals surface area contributed by atoms with Crippen molar-refractivity contribution in [2.75, 3.05) is 7.11 Å². The third kappa shape index (κ3) is 1.52. The molecule has 0 atom stereocenters. The quantitative estimate of drug-likeness (QED) is 0.745. The van der Waals surface area contributed by atoms with Crippen molar-refractivity contribution >= 4 is 32.8 Å². The maximum Gasteiger partial charge on any atom is 0.340 e. The normalized spacial score (nSPS) is 10.6. The summed E-state index contributed by atoms with van der Waals surface area (Å²) in [6, 6.07) is 3.54. The van der Waals surface area contributed by atoms with E-state index < -0.39 is 0 Å². The van der Waals surface area contributed by atoms with Crippen LogP contribution in [0, 0.1) is 0 Å². The number of hydrogen-bond acceptors (Lipinski definition) is 3. The number of aryl methyl sites for hydroxylation is 1. The zero-order chi connectivity index (χ0) is 11.0. The minimum Gasteiger partial charge on any atom is -0.465 e. The molecule has 0 fully saturated rings. The summed E-state index contributed by atoms with van der Waals surface area (Å²) < 4.78 is 7.29. The van der Waals surface area contributed by atoms with E-state index in [1.807, 2.05) is 6.07 Å². The molecule has 1 aromatic carbocycles. The Labute approximate surface area is 95.0 Å². The van der Waals surface area contributed by atoms with Crippen LogP contribution in [0.25, 0.3) is 10.9 Å². The molecule has 0 spiro atoms. The number of rotatable bonds is 1. The van der Waals surface area contributed by atoms with Crippen LogP contribution < -0.4 is 0 Å². The van der Waals surface area contributed by atoms with E-state index in [1.54, 1.807) is 24.0 Å². The highest BCUT2D eigenvalue weighted by atomic mass is 79.9. The van der Waals surface area contributed by atoms with E-state index in [0.29, 0.717) is 5.56 Å². The van der Waals surface area contributed by atoms with Crippen LogP contribution in [-0.4, -0.2) is 22.9 Å². The van der Waals surface area contributed by atoms with Gasteiger partial charge in [-0.15, -0.1) is 0 Å². The van der Waals surface area contributed by atoms with Gasteiger partial charge in [-0.1, -0.05) is 15.9 Å². The molecule has 0 aliphatic carbocycles. The highest BCUT2D eigenvalue weighted by molar-refractivity contribution is 9.10. The lowest BCUT2D eigenvalue weighted by Crippen LogP contribution is -2.04. The largest absolute Gasteiger partial charge is 0.465 e. The third-order valence-corrected chi connectivity index (χ3v) is 2.94. The average Bonchev–Trinajstić information content (AvgIpc) is 2.62. The van der Waals surface area contributed by atoms with Gasteiger partial charge in [0.05, 0.1) is 24.4 Å². The predicted octanol–water partition coefficient (Wildman–Crippen LogP) is 2.12. The fraction of sp³-hybridized carbons (Fsp3) is 0.200. The second-order valence-corrected chi connectivity index (χ2v) is 3.97. The van der Waals surface area contributed by atoms with Gasteiger partial charge in [-0.3, -0.25) is 4.68 Å². The summed E-state index contributed by atoms with van der Waals surface area (Å²) in [6.07, 6.45) is 1.71. The van der Waals surface area contributed by atoms with Gasteiger partial charge in [0, 0.05) is 16.9 Å². The minimum absolute atomic E-state index is 0.351. The fourth-order valence-electron chi connectivity index (χ4n) is 1.53. The van der Waals surface area contributed by atoms with E-state index in [1.165, 1.54) is 7.11 Å². The first-order valence-corrected chi connectivity index (χ1v) is 5.13. The first-order valence-electron chi connectivity index (χ1n) is 4.33. The van der Waals surface area contributed by atoms with Crippen molar-refractivity contribution in [3.05, 3.63) is 28.4 Å². The van der Waals surface area contributed by atoms with E-state index >= 15 is 0 Å². The van der Waals surface area contributed by atoms with Gasteiger partial charge in [-0.25, -0.2) is 4.79 Å². The maximum atomic E-state index is 11.5. The van der Waals surface area contributed by atoms with Crippen molar-refractivity contribution in [1.29, 1.82) is 0 Å². The van der Waals surface area contributed by atoms with Crippen LogP contribution in [0.15, 0.2) is 22.8 Å². The average molecular weight is 269 g/mol. The smallest absolute Gasteiger partial charge is 0.340 e. The molecule has 0 unspecified atom stereocenters. The lowest BCUT2D eigenvalue weighted by Gasteiger charge is -2.03. The minimum atomic E-state index is -0.351. The van der Waals surface area contributed by atoms with Crippen molar-refractivity contribution in [2.24, 2.45) is 7.05 Å². The Kier molecular flexibility index (Phi) is 2.48. The molecule has 0 amide bonds. The van der Waals surface area contributed by atoms with Crippen LogP contribution in [0.4, 0.5) is 0 Å². The number of nitrogens with zero attached hydrogens (tertiary/aromatic N) is 2. The number of hydrogen-bond donors (Lipinski definition) is 0. The standard InChI is InChI=1S/C10H9BrN2O2/c1-13-9-6(10(14)15-2)3-4-8(11)7(9)5-12-13/h3-5H,1-2H3. The summed E-state index contributed by atoms with van der Waals surface area (Å²) in [7, 11) is 3.16. The molecule has 2 rings (SSSR count). The van der Waals surface area contributed by atoms with Crippen molar-refractivity contribution in [2.45, 2.75) is 0 Å². The first-order chi connectivity index (χ1) is 7.15. The van der Waals surface area contributed by atoms with Crippen molar-refractivity contribution in [1.82, 2.24) is 9.78 Å². The lowest BCUT2D eigenvalue weighted by atomic mass is 10.1. The summed E-state index contributed by atoms with van der Waals surface area (Å²) in [5.74, 6) is -0.351. The second-order valence-electron chi connectivity index (χ2n) is 3.12. The molecule has 78 valence electrons. The summed E-state index contributed by atoms with van der Waals surface area (Å²) in [5, 5.41) is 5.02. The van der Waals surface area contributed by atoms with E-state index in [9.17, 15) is 4.79 Å². The SMILES string of the molecule is COC(=O)c1ccc(Br)c2cnn(C)c12. The van der Waals surface area contributed by atoms with Crippen LogP contribution in [0.1, 0.15) is 10.4 Å². The molecular formula is C10H9BrN2O2. The van der Waals surface area contributed by atoms with E-state index in [2.05, 4.69) is 21.0 Å². The van der Waals surface area contributed by atoms with Gasteiger partial charge >= 0.3 is 5.97 Å². The van der Waals surface area contributed by atoms with Gasteiger partial charge in [0.25, 0.3) is 0 Å². The number of methoxy groups -OCH3 is 1. The number of esters is 1. The van der Waals surface area contributed by atoms with Gasteiger partial charge in [-0.05, 0) is 12.1 Å². The molecule has 4 nitrogen and oxygen atoms in total. The number of carbonyl (C=O) groups is 1. The Morgan fingerprint density at radius 1 is 1.53 bits per heavy atom. The summed E-state index contributed by atoms with van der Waals surface area (Å²) in [6.45, 7) is 0. The Morgan fingerprint density at radius 2 is 2.27 bits per heavy atom. The highest BCUT2D eigenvalue weighted by Crippen LogP contribution is 2.26. The predicted molar refractivity (Wildman–Crippen MR) is 59.8 cm³/mol. The van der Waals surface area contributed by atoms with Gasteiger partial charge in [0.2, 0.25) is 0 Å². The molecule has 5 heteroatoms. The number of benzene rings is 1.